The molecule has 0 bridgehead atoms. The zero-order chi connectivity index (χ0) is 10.1. The molecule has 0 aromatic carbocycles. The van der Waals surface area contributed by atoms with Gasteiger partial charge in [0.15, 0.2) is 0 Å². The van der Waals surface area contributed by atoms with Crippen molar-refractivity contribution >= 4 is 5.97 Å². The maximum Gasteiger partial charge on any atom is 0.306 e. The summed E-state index contributed by atoms with van der Waals surface area (Å²) in [6.45, 7) is 3.59. The third-order valence-electron chi connectivity index (χ3n) is 3.20. The van der Waals surface area contributed by atoms with Crippen LogP contribution in [-0.4, -0.2) is 21.8 Å². The van der Waals surface area contributed by atoms with Crippen LogP contribution in [0.25, 0.3) is 0 Å². The molecule has 3 heteroatoms. The molecule has 0 aromatic heterocycles. The van der Waals surface area contributed by atoms with Gasteiger partial charge < -0.3 is 10.2 Å². The van der Waals surface area contributed by atoms with Crippen molar-refractivity contribution in [1.29, 1.82) is 0 Å². The average molecular weight is 186 g/mol. The highest BCUT2D eigenvalue weighted by atomic mass is 16.4. The van der Waals surface area contributed by atoms with Crippen LogP contribution >= 0.6 is 0 Å². The monoisotopic (exact) mass is 186 g/mol. The molecule has 0 saturated heterocycles. The third kappa shape index (κ3) is 2.69. The predicted molar refractivity (Wildman–Crippen MR) is 49.4 cm³/mol. The zero-order valence-corrected chi connectivity index (χ0v) is 8.29. The Kier molecular flexibility index (Phi) is 2.96. The SMILES string of the molecule is C[C@H](C(=O)O)C1CCC(C)(O)CC1. The molecule has 1 fully saturated rings. The Morgan fingerprint density at radius 1 is 1.46 bits per heavy atom. The Bertz CT molecular complexity index is 188. The molecule has 13 heavy (non-hydrogen) atoms. The summed E-state index contributed by atoms with van der Waals surface area (Å²) in [6, 6.07) is 0. The van der Waals surface area contributed by atoms with E-state index >= 15 is 0 Å². The van der Waals surface area contributed by atoms with Crippen molar-refractivity contribution in [2.24, 2.45) is 11.8 Å². The van der Waals surface area contributed by atoms with E-state index in [1.54, 1.807) is 6.92 Å². The summed E-state index contributed by atoms with van der Waals surface area (Å²) in [6.07, 6.45) is 3.13. The summed E-state index contributed by atoms with van der Waals surface area (Å²) in [4.78, 5) is 10.7. The van der Waals surface area contributed by atoms with Gasteiger partial charge in [-0.1, -0.05) is 6.92 Å². The molecule has 0 aliphatic heterocycles. The number of carboxylic acid groups (broad SMARTS) is 1. The smallest absolute Gasteiger partial charge is 0.306 e. The minimum atomic E-state index is -0.716. The van der Waals surface area contributed by atoms with Crippen LogP contribution in [0.1, 0.15) is 39.5 Å². The molecule has 1 saturated carbocycles. The van der Waals surface area contributed by atoms with Gasteiger partial charge in [-0.25, -0.2) is 0 Å². The van der Waals surface area contributed by atoms with Crippen molar-refractivity contribution < 1.29 is 15.0 Å². The van der Waals surface area contributed by atoms with Gasteiger partial charge in [0, 0.05) is 0 Å². The second kappa shape index (κ2) is 3.66. The van der Waals surface area contributed by atoms with E-state index in [-0.39, 0.29) is 11.8 Å². The summed E-state index contributed by atoms with van der Waals surface area (Å²) in [5.74, 6) is -0.736. The lowest BCUT2D eigenvalue weighted by molar-refractivity contribution is -0.144. The molecule has 0 radical (unpaired) electrons. The first-order chi connectivity index (χ1) is 5.92. The first kappa shape index (κ1) is 10.5. The summed E-state index contributed by atoms with van der Waals surface area (Å²) >= 11 is 0. The van der Waals surface area contributed by atoms with Gasteiger partial charge in [0.2, 0.25) is 0 Å². The molecule has 0 unspecified atom stereocenters. The van der Waals surface area contributed by atoms with Gasteiger partial charge in [-0.05, 0) is 38.5 Å². The first-order valence-corrected chi connectivity index (χ1v) is 4.87. The molecule has 1 aliphatic carbocycles. The molecule has 0 amide bonds. The fraction of sp³-hybridized carbons (Fsp3) is 0.900. The van der Waals surface area contributed by atoms with Crippen LogP contribution < -0.4 is 0 Å². The van der Waals surface area contributed by atoms with E-state index in [9.17, 15) is 9.90 Å². The minimum absolute atomic E-state index is 0.248. The molecule has 76 valence electrons. The maximum atomic E-state index is 10.7. The third-order valence-corrected chi connectivity index (χ3v) is 3.20. The lowest BCUT2D eigenvalue weighted by Gasteiger charge is -2.34. The van der Waals surface area contributed by atoms with Gasteiger partial charge in [-0.3, -0.25) is 4.79 Å². The van der Waals surface area contributed by atoms with Crippen LogP contribution in [0.15, 0.2) is 0 Å². The lowest BCUT2D eigenvalue weighted by atomic mass is 9.75. The first-order valence-electron chi connectivity index (χ1n) is 4.87. The van der Waals surface area contributed by atoms with Gasteiger partial charge in [-0.2, -0.15) is 0 Å². The largest absolute Gasteiger partial charge is 0.481 e. The van der Waals surface area contributed by atoms with Crippen LogP contribution in [0.2, 0.25) is 0 Å². The second-order valence-electron chi connectivity index (χ2n) is 4.46. The second-order valence-corrected chi connectivity index (χ2v) is 4.46. The fourth-order valence-corrected chi connectivity index (χ4v) is 1.96. The van der Waals surface area contributed by atoms with Crippen LogP contribution in [0.4, 0.5) is 0 Å². The predicted octanol–water partition coefficient (Wildman–Crippen LogP) is 1.65. The summed E-state index contributed by atoms with van der Waals surface area (Å²) < 4.78 is 0. The number of carbonyl (C=O) groups is 1. The highest BCUT2D eigenvalue weighted by molar-refractivity contribution is 5.69. The quantitative estimate of drug-likeness (QED) is 0.689. The highest BCUT2D eigenvalue weighted by Gasteiger charge is 2.33. The van der Waals surface area contributed by atoms with Gasteiger partial charge in [0.1, 0.15) is 0 Å². The normalized spacial score (nSPS) is 37.0. The number of rotatable bonds is 2. The maximum absolute atomic E-state index is 10.7. The van der Waals surface area contributed by atoms with E-state index in [4.69, 9.17) is 5.11 Å². The summed E-state index contributed by atoms with van der Waals surface area (Å²) in [5, 5.41) is 18.5. The Hall–Kier alpha value is -0.570. The molecule has 3 nitrogen and oxygen atoms in total. The van der Waals surface area contributed by atoms with E-state index in [0.29, 0.717) is 0 Å². The molecule has 0 heterocycles. The van der Waals surface area contributed by atoms with E-state index in [1.165, 1.54) is 0 Å². The lowest BCUT2D eigenvalue weighted by Crippen LogP contribution is -2.34. The molecular weight excluding hydrogens is 168 g/mol. The standard InChI is InChI=1S/C10H18O3/c1-7(9(11)12)8-3-5-10(2,13)6-4-8/h7-8,13H,3-6H2,1-2H3,(H,11,12)/t7-,8?,10?/m0/s1. The van der Waals surface area contributed by atoms with Gasteiger partial charge >= 0.3 is 5.97 Å². The van der Waals surface area contributed by atoms with Crippen molar-refractivity contribution in [3.63, 3.8) is 0 Å². The Morgan fingerprint density at radius 2 is 1.92 bits per heavy atom. The Morgan fingerprint density at radius 3 is 2.31 bits per heavy atom. The van der Waals surface area contributed by atoms with E-state index in [1.807, 2.05) is 6.92 Å². The van der Waals surface area contributed by atoms with Crippen molar-refractivity contribution in [2.75, 3.05) is 0 Å². The average Bonchev–Trinajstić information content (AvgIpc) is 2.03. The van der Waals surface area contributed by atoms with Crippen molar-refractivity contribution in [2.45, 2.75) is 45.1 Å². The molecule has 2 N–H and O–H groups in total. The molecule has 1 aliphatic rings. The number of aliphatic hydroxyl groups is 1. The zero-order valence-electron chi connectivity index (χ0n) is 8.29. The van der Waals surface area contributed by atoms with Crippen molar-refractivity contribution in [3.05, 3.63) is 0 Å². The van der Waals surface area contributed by atoms with Gasteiger partial charge in [-0.15, -0.1) is 0 Å². The fourth-order valence-electron chi connectivity index (χ4n) is 1.96. The minimum Gasteiger partial charge on any atom is -0.481 e. The highest BCUT2D eigenvalue weighted by Crippen LogP contribution is 2.35. The van der Waals surface area contributed by atoms with Crippen LogP contribution in [0, 0.1) is 11.8 Å². The molecule has 1 atom stereocenters. The Labute approximate surface area is 78.8 Å². The Balaban J connectivity index is 2.45. The number of hydrogen-bond acceptors (Lipinski definition) is 2. The van der Waals surface area contributed by atoms with Crippen molar-refractivity contribution in [1.82, 2.24) is 0 Å². The van der Waals surface area contributed by atoms with E-state index < -0.39 is 11.6 Å². The molecular formula is C10H18O3. The van der Waals surface area contributed by atoms with Crippen LogP contribution in [0.5, 0.6) is 0 Å². The number of carboxylic acids is 1. The topological polar surface area (TPSA) is 57.5 Å². The molecule has 0 aromatic rings. The molecule has 0 spiro atoms. The van der Waals surface area contributed by atoms with Crippen LogP contribution in [0.3, 0.4) is 0 Å². The van der Waals surface area contributed by atoms with Crippen molar-refractivity contribution in [3.8, 4) is 0 Å². The number of hydrogen-bond donors (Lipinski definition) is 2. The van der Waals surface area contributed by atoms with Gasteiger partial charge in [0.25, 0.3) is 0 Å². The van der Waals surface area contributed by atoms with Crippen LogP contribution in [-0.2, 0) is 4.79 Å². The summed E-state index contributed by atoms with van der Waals surface area (Å²) in [7, 11) is 0. The van der Waals surface area contributed by atoms with Gasteiger partial charge in [0.05, 0.1) is 11.5 Å². The van der Waals surface area contributed by atoms with E-state index in [0.717, 1.165) is 25.7 Å². The summed E-state index contributed by atoms with van der Waals surface area (Å²) in [5.41, 5.74) is -0.561. The number of aliphatic carboxylic acids is 1. The molecule has 1 rings (SSSR count). The van der Waals surface area contributed by atoms with E-state index in [2.05, 4.69) is 0 Å².